The fourth-order valence-electron chi connectivity index (χ4n) is 1.01. The minimum absolute atomic E-state index is 0.0202. The summed E-state index contributed by atoms with van der Waals surface area (Å²) in [4.78, 5) is 10.8. The van der Waals surface area contributed by atoms with Gasteiger partial charge in [-0.1, -0.05) is 12.7 Å². The van der Waals surface area contributed by atoms with Gasteiger partial charge in [-0.15, -0.1) is 6.58 Å². The first-order valence-electron chi connectivity index (χ1n) is 5.85. The SMILES string of the molecule is C=CCNCOCC(O)C(O)COCNC(=O)C=C. The minimum atomic E-state index is -1.08. The molecule has 0 aromatic heterocycles. The minimum Gasteiger partial charge on any atom is -0.388 e. The highest BCUT2D eigenvalue weighted by atomic mass is 16.5. The molecule has 0 aliphatic rings. The summed E-state index contributed by atoms with van der Waals surface area (Å²) < 4.78 is 10.0. The van der Waals surface area contributed by atoms with E-state index in [0.29, 0.717) is 6.54 Å². The van der Waals surface area contributed by atoms with Crippen LogP contribution >= 0.6 is 0 Å². The summed E-state index contributed by atoms with van der Waals surface area (Å²) in [5.74, 6) is -0.369. The van der Waals surface area contributed by atoms with Crippen LogP contribution in [0.15, 0.2) is 25.3 Å². The lowest BCUT2D eigenvalue weighted by Crippen LogP contribution is -2.37. The molecule has 2 unspecified atom stereocenters. The summed E-state index contributed by atoms with van der Waals surface area (Å²) in [6.45, 7) is 7.46. The van der Waals surface area contributed by atoms with Crippen LogP contribution in [0.3, 0.4) is 0 Å². The largest absolute Gasteiger partial charge is 0.388 e. The Bertz CT molecular complexity index is 273. The van der Waals surface area contributed by atoms with Gasteiger partial charge in [0, 0.05) is 6.54 Å². The summed E-state index contributed by atoms with van der Waals surface area (Å²) in [5, 5.41) is 24.3. The van der Waals surface area contributed by atoms with Crippen LogP contribution < -0.4 is 10.6 Å². The Morgan fingerprint density at radius 3 is 2.26 bits per heavy atom. The highest BCUT2D eigenvalue weighted by Crippen LogP contribution is 1.95. The number of nitrogens with one attached hydrogen (secondary N) is 2. The number of aliphatic hydroxyl groups is 2. The third-order valence-corrected chi connectivity index (χ3v) is 2.05. The van der Waals surface area contributed by atoms with Crippen LogP contribution in [0.25, 0.3) is 0 Å². The molecule has 7 heteroatoms. The van der Waals surface area contributed by atoms with Crippen molar-refractivity contribution in [2.45, 2.75) is 12.2 Å². The molecule has 0 saturated carbocycles. The Morgan fingerprint density at radius 1 is 1.16 bits per heavy atom. The zero-order valence-corrected chi connectivity index (χ0v) is 10.9. The van der Waals surface area contributed by atoms with Gasteiger partial charge in [0.25, 0.3) is 0 Å². The molecule has 0 aromatic rings. The van der Waals surface area contributed by atoms with Crippen molar-refractivity contribution < 1.29 is 24.5 Å². The van der Waals surface area contributed by atoms with E-state index in [9.17, 15) is 15.0 Å². The predicted molar refractivity (Wildman–Crippen MR) is 70.2 cm³/mol. The second-order valence-corrected chi connectivity index (χ2v) is 3.65. The standard InChI is InChI=1S/C12H22N2O5/c1-3-5-13-8-18-6-10(15)11(16)7-19-9-14-12(17)4-2/h3-4,10-11,13,15-16H,1-2,5-9H2,(H,14,17). The lowest BCUT2D eigenvalue weighted by atomic mass is 10.2. The van der Waals surface area contributed by atoms with Gasteiger partial charge in [-0.2, -0.15) is 0 Å². The van der Waals surface area contributed by atoms with E-state index in [1.165, 1.54) is 0 Å². The van der Waals surface area contributed by atoms with Crippen LogP contribution in [0.5, 0.6) is 0 Å². The van der Waals surface area contributed by atoms with Gasteiger partial charge in [0.1, 0.15) is 18.9 Å². The molecule has 7 nitrogen and oxygen atoms in total. The molecule has 0 rings (SSSR count). The topological polar surface area (TPSA) is 100 Å². The average Bonchev–Trinajstić information content (AvgIpc) is 2.42. The van der Waals surface area contributed by atoms with Crippen molar-refractivity contribution in [1.82, 2.24) is 10.6 Å². The highest BCUT2D eigenvalue weighted by molar-refractivity contribution is 5.86. The van der Waals surface area contributed by atoms with Crippen molar-refractivity contribution in [3.63, 3.8) is 0 Å². The van der Waals surface area contributed by atoms with Crippen molar-refractivity contribution in [3.8, 4) is 0 Å². The first kappa shape index (κ1) is 17.8. The molecule has 4 N–H and O–H groups in total. The molecule has 0 saturated heterocycles. The maximum absolute atomic E-state index is 10.8. The zero-order chi connectivity index (χ0) is 14.5. The third kappa shape index (κ3) is 10.4. The number of carbonyl (C=O) groups excluding carboxylic acids is 1. The van der Waals surface area contributed by atoms with Gasteiger partial charge in [-0.25, -0.2) is 0 Å². The Morgan fingerprint density at radius 2 is 1.74 bits per heavy atom. The quantitative estimate of drug-likeness (QED) is 0.153. The first-order valence-corrected chi connectivity index (χ1v) is 5.85. The van der Waals surface area contributed by atoms with Gasteiger partial charge in [-0.3, -0.25) is 10.1 Å². The smallest absolute Gasteiger partial charge is 0.245 e. The Hall–Kier alpha value is -1.25. The molecule has 19 heavy (non-hydrogen) atoms. The number of hydrogen-bond acceptors (Lipinski definition) is 6. The summed E-state index contributed by atoms with van der Waals surface area (Å²) >= 11 is 0. The number of carbonyl (C=O) groups is 1. The van der Waals surface area contributed by atoms with E-state index in [1.54, 1.807) is 6.08 Å². The van der Waals surface area contributed by atoms with Gasteiger partial charge in [0.2, 0.25) is 5.91 Å². The summed E-state index contributed by atoms with van der Waals surface area (Å²) in [6, 6.07) is 0. The van der Waals surface area contributed by atoms with Crippen LogP contribution in [0, 0.1) is 0 Å². The highest BCUT2D eigenvalue weighted by Gasteiger charge is 2.16. The van der Waals surface area contributed by atoms with E-state index in [2.05, 4.69) is 23.8 Å². The maximum Gasteiger partial charge on any atom is 0.245 e. The molecule has 0 aliphatic heterocycles. The Labute approximate surface area is 112 Å². The van der Waals surface area contributed by atoms with Crippen molar-refractivity contribution in [2.24, 2.45) is 0 Å². The second-order valence-electron chi connectivity index (χ2n) is 3.65. The van der Waals surface area contributed by atoms with Gasteiger partial charge in [0.15, 0.2) is 0 Å². The van der Waals surface area contributed by atoms with Crippen molar-refractivity contribution >= 4 is 5.91 Å². The van der Waals surface area contributed by atoms with Crippen molar-refractivity contribution in [2.75, 3.05) is 33.2 Å². The van der Waals surface area contributed by atoms with Gasteiger partial charge in [-0.05, 0) is 6.08 Å². The summed E-state index contributed by atoms with van der Waals surface area (Å²) in [6.07, 6.45) is 0.652. The monoisotopic (exact) mass is 274 g/mol. The zero-order valence-electron chi connectivity index (χ0n) is 10.9. The second kappa shape index (κ2) is 11.8. The van der Waals surface area contributed by atoms with Gasteiger partial charge >= 0.3 is 0 Å². The average molecular weight is 274 g/mol. The molecule has 0 heterocycles. The normalized spacial score (nSPS) is 13.6. The molecule has 0 aromatic carbocycles. The molecule has 0 spiro atoms. The number of rotatable bonds is 12. The fourth-order valence-corrected chi connectivity index (χ4v) is 1.01. The molecule has 0 bridgehead atoms. The molecular weight excluding hydrogens is 252 g/mol. The molecule has 0 aliphatic carbocycles. The molecular formula is C12H22N2O5. The molecule has 110 valence electrons. The van der Waals surface area contributed by atoms with E-state index in [4.69, 9.17) is 9.47 Å². The number of amides is 1. The van der Waals surface area contributed by atoms with Crippen LogP contribution in [0.4, 0.5) is 0 Å². The van der Waals surface area contributed by atoms with Crippen molar-refractivity contribution in [1.29, 1.82) is 0 Å². The lowest BCUT2D eigenvalue weighted by molar-refractivity contribution is -0.119. The molecule has 2 atom stereocenters. The summed E-state index contributed by atoms with van der Waals surface area (Å²) in [5.41, 5.74) is 0. The molecule has 0 fully saturated rings. The molecule has 0 radical (unpaired) electrons. The molecule has 1 amide bonds. The maximum atomic E-state index is 10.8. The number of ether oxygens (including phenoxy) is 2. The Balaban J connectivity index is 3.52. The summed E-state index contributed by atoms with van der Waals surface area (Å²) in [7, 11) is 0. The van der Waals surface area contributed by atoms with Crippen LogP contribution in [-0.4, -0.2) is 61.5 Å². The lowest BCUT2D eigenvalue weighted by Gasteiger charge is -2.18. The number of hydrogen-bond donors (Lipinski definition) is 4. The van der Waals surface area contributed by atoms with Crippen molar-refractivity contribution in [3.05, 3.63) is 25.3 Å². The van der Waals surface area contributed by atoms with Crippen LogP contribution in [-0.2, 0) is 14.3 Å². The van der Waals surface area contributed by atoms with Gasteiger partial charge in [0.05, 0.1) is 19.9 Å². The predicted octanol–water partition coefficient (Wildman–Crippen LogP) is -1.27. The van der Waals surface area contributed by atoms with Gasteiger partial charge < -0.3 is 25.0 Å². The van der Waals surface area contributed by atoms with Crippen LogP contribution in [0.1, 0.15) is 0 Å². The van der Waals surface area contributed by atoms with E-state index in [1.807, 2.05) is 0 Å². The number of aliphatic hydroxyl groups excluding tert-OH is 2. The van der Waals surface area contributed by atoms with Crippen LogP contribution in [0.2, 0.25) is 0 Å². The van der Waals surface area contributed by atoms with E-state index in [0.717, 1.165) is 6.08 Å². The van der Waals surface area contributed by atoms with E-state index < -0.39 is 12.2 Å². The fraction of sp³-hybridized carbons (Fsp3) is 0.583. The Kier molecular flexibility index (Phi) is 11.0. The van der Waals surface area contributed by atoms with E-state index in [-0.39, 0.29) is 32.6 Å². The third-order valence-electron chi connectivity index (χ3n) is 2.05. The van der Waals surface area contributed by atoms with E-state index >= 15 is 0 Å². The first-order chi connectivity index (χ1) is 9.11.